The molecule has 0 spiro atoms. The fourth-order valence-corrected chi connectivity index (χ4v) is 2.84. The second-order valence-corrected chi connectivity index (χ2v) is 5.21. The van der Waals surface area contributed by atoms with E-state index in [0.29, 0.717) is 17.3 Å². The molecule has 3 aliphatic heterocycles. The van der Waals surface area contributed by atoms with Crippen molar-refractivity contribution in [2.75, 3.05) is 6.61 Å². The van der Waals surface area contributed by atoms with Crippen LogP contribution in [0.2, 0.25) is 5.02 Å². The van der Waals surface area contributed by atoms with Crippen molar-refractivity contribution in [3.05, 3.63) is 34.9 Å². The van der Waals surface area contributed by atoms with Crippen LogP contribution >= 0.6 is 11.6 Å². The van der Waals surface area contributed by atoms with Gasteiger partial charge in [-0.25, -0.2) is 0 Å². The van der Waals surface area contributed by atoms with E-state index in [1.165, 1.54) is 0 Å². The molecule has 0 saturated carbocycles. The number of carbonyl (C=O) groups is 1. The summed E-state index contributed by atoms with van der Waals surface area (Å²) in [5.74, 6) is -0.530. The van der Waals surface area contributed by atoms with Crippen LogP contribution in [0.5, 0.6) is 0 Å². The Bertz CT molecular complexity index is 571. The SMILES string of the molecule is O=C1[C@H]2OC[C@@H](O2)[C@@H]2ON=C(c3ccc(Cl)cc3)[C@H]12. The molecule has 5 nitrogen and oxygen atoms in total. The van der Waals surface area contributed by atoms with Crippen molar-refractivity contribution in [1.29, 1.82) is 0 Å². The lowest BCUT2D eigenvalue weighted by Gasteiger charge is -2.27. The average molecular weight is 280 g/mol. The van der Waals surface area contributed by atoms with Gasteiger partial charge in [0, 0.05) is 10.6 Å². The summed E-state index contributed by atoms with van der Waals surface area (Å²) in [4.78, 5) is 17.7. The lowest BCUT2D eigenvalue weighted by Crippen LogP contribution is -2.48. The second-order valence-electron chi connectivity index (χ2n) is 4.77. The smallest absolute Gasteiger partial charge is 0.219 e. The maximum Gasteiger partial charge on any atom is 0.219 e. The van der Waals surface area contributed by atoms with E-state index in [0.717, 1.165) is 5.56 Å². The average Bonchev–Trinajstić information content (AvgIpc) is 3.03. The Kier molecular flexibility index (Phi) is 2.42. The largest absolute Gasteiger partial charge is 0.388 e. The Morgan fingerprint density at radius 2 is 2.05 bits per heavy atom. The summed E-state index contributed by atoms with van der Waals surface area (Å²) in [7, 11) is 0. The Balaban J connectivity index is 1.71. The molecule has 0 amide bonds. The van der Waals surface area contributed by atoms with Gasteiger partial charge in [0.2, 0.25) is 12.1 Å². The number of halogens is 1. The van der Waals surface area contributed by atoms with Gasteiger partial charge in [-0.1, -0.05) is 28.9 Å². The van der Waals surface area contributed by atoms with Gasteiger partial charge in [-0.3, -0.25) is 4.79 Å². The highest BCUT2D eigenvalue weighted by molar-refractivity contribution is 6.30. The summed E-state index contributed by atoms with van der Waals surface area (Å²) in [5, 5.41) is 4.71. The number of Topliss-reactive ketones (excluding diaryl/α,β-unsaturated/α-hetero) is 1. The van der Waals surface area contributed by atoms with E-state index in [9.17, 15) is 4.79 Å². The summed E-state index contributed by atoms with van der Waals surface area (Å²) >= 11 is 5.86. The Morgan fingerprint density at radius 3 is 2.84 bits per heavy atom. The van der Waals surface area contributed by atoms with Gasteiger partial charge in [-0.2, -0.15) is 0 Å². The van der Waals surface area contributed by atoms with E-state index in [2.05, 4.69) is 5.16 Å². The van der Waals surface area contributed by atoms with Crippen molar-refractivity contribution < 1.29 is 19.1 Å². The summed E-state index contributed by atoms with van der Waals surface area (Å²) in [5.41, 5.74) is 1.47. The highest BCUT2D eigenvalue weighted by Crippen LogP contribution is 2.37. The van der Waals surface area contributed by atoms with Gasteiger partial charge in [0.25, 0.3) is 0 Å². The van der Waals surface area contributed by atoms with Crippen LogP contribution in [-0.4, -0.2) is 36.6 Å². The number of fused-ring (bicyclic) bond motifs is 4. The zero-order valence-electron chi connectivity index (χ0n) is 9.78. The molecule has 1 aromatic carbocycles. The number of ether oxygens (including phenoxy) is 2. The standard InChI is InChI=1S/C13H10ClNO4/c14-7-3-1-6(2-4-7)10-9-11(16)13-17-5-8(18-13)12(9)19-15-10/h1-4,8-9,12-13H,5H2/t8-,9-,12+,13+/m1/s1. The highest BCUT2D eigenvalue weighted by atomic mass is 35.5. The van der Waals surface area contributed by atoms with Gasteiger partial charge in [0.05, 0.1) is 6.61 Å². The molecule has 3 aliphatic rings. The van der Waals surface area contributed by atoms with Gasteiger partial charge in [-0.15, -0.1) is 0 Å². The zero-order chi connectivity index (χ0) is 13.0. The van der Waals surface area contributed by atoms with Crippen molar-refractivity contribution in [2.24, 2.45) is 11.1 Å². The fraction of sp³-hybridized carbons (Fsp3) is 0.385. The third kappa shape index (κ3) is 1.62. The van der Waals surface area contributed by atoms with Crippen LogP contribution in [0.3, 0.4) is 0 Å². The van der Waals surface area contributed by atoms with Crippen molar-refractivity contribution in [3.63, 3.8) is 0 Å². The molecule has 0 N–H and O–H groups in total. The first-order valence-corrected chi connectivity index (χ1v) is 6.42. The maximum absolute atomic E-state index is 12.3. The minimum absolute atomic E-state index is 0.120. The van der Waals surface area contributed by atoms with Crippen LogP contribution in [-0.2, 0) is 19.1 Å². The topological polar surface area (TPSA) is 57.1 Å². The molecule has 1 aromatic rings. The maximum atomic E-state index is 12.3. The normalized spacial score (nSPS) is 35.8. The zero-order valence-corrected chi connectivity index (χ0v) is 10.5. The number of carbonyl (C=O) groups excluding carboxylic acids is 1. The summed E-state index contributed by atoms with van der Waals surface area (Å²) in [6.45, 7) is 0.376. The molecule has 4 rings (SSSR count). The molecule has 0 aliphatic carbocycles. The van der Waals surface area contributed by atoms with Crippen molar-refractivity contribution in [2.45, 2.75) is 18.5 Å². The van der Waals surface area contributed by atoms with E-state index in [-0.39, 0.29) is 18.0 Å². The Hall–Kier alpha value is -1.43. The minimum Gasteiger partial charge on any atom is -0.388 e. The van der Waals surface area contributed by atoms with Gasteiger partial charge in [0.1, 0.15) is 17.7 Å². The Morgan fingerprint density at radius 1 is 1.26 bits per heavy atom. The molecular weight excluding hydrogens is 270 g/mol. The number of ketones is 1. The lowest BCUT2D eigenvalue weighted by atomic mass is 9.85. The first-order chi connectivity index (χ1) is 9.24. The van der Waals surface area contributed by atoms with Gasteiger partial charge >= 0.3 is 0 Å². The number of nitrogens with zero attached hydrogens (tertiary/aromatic N) is 1. The molecule has 0 unspecified atom stereocenters. The van der Waals surface area contributed by atoms with E-state index in [4.69, 9.17) is 25.9 Å². The summed E-state index contributed by atoms with van der Waals surface area (Å²) < 4.78 is 10.7. The van der Waals surface area contributed by atoms with E-state index in [1.54, 1.807) is 12.1 Å². The van der Waals surface area contributed by atoms with Crippen molar-refractivity contribution in [1.82, 2.24) is 0 Å². The predicted molar refractivity (Wildman–Crippen MR) is 66.0 cm³/mol. The number of hydrogen-bond acceptors (Lipinski definition) is 5. The van der Waals surface area contributed by atoms with E-state index in [1.807, 2.05) is 12.1 Å². The molecule has 0 radical (unpaired) electrons. The third-order valence-electron chi connectivity index (χ3n) is 3.65. The molecule has 6 heteroatoms. The first kappa shape index (κ1) is 11.4. The molecule has 2 saturated heterocycles. The van der Waals surface area contributed by atoms with Crippen LogP contribution in [0.1, 0.15) is 5.56 Å². The van der Waals surface area contributed by atoms with Crippen molar-refractivity contribution >= 4 is 23.1 Å². The van der Waals surface area contributed by atoms with E-state index < -0.39 is 12.2 Å². The first-order valence-electron chi connectivity index (χ1n) is 6.04. The predicted octanol–water partition coefficient (Wildman–Crippen LogP) is 1.38. The molecule has 19 heavy (non-hydrogen) atoms. The highest BCUT2D eigenvalue weighted by Gasteiger charge is 2.56. The summed E-state index contributed by atoms with van der Waals surface area (Å²) in [6.07, 6.45) is -1.37. The molecule has 98 valence electrons. The van der Waals surface area contributed by atoms with Crippen LogP contribution in [0, 0.1) is 5.92 Å². The van der Waals surface area contributed by atoms with Crippen LogP contribution < -0.4 is 0 Å². The van der Waals surface area contributed by atoms with Gasteiger partial charge in [-0.05, 0) is 12.1 Å². The fourth-order valence-electron chi connectivity index (χ4n) is 2.71. The van der Waals surface area contributed by atoms with Gasteiger partial charge < -0.3 is 14.3 Å². The van der Waals surface area contributed by atoms with E-state index >= 15 is 0 Å². The third-order valence-corrected chi connectivity index (χ3v) is 3.90. The van der Waals surface area contributed by atoms with Crippen LogP contribution in [0.25, 0.3) is 0 Å². The number of rotatable bonds is 1. The molecule has 4 atom stereocenters. The number of hydrogen-bond donors (Lipinski definition) is 0. The molecule has 2 fully saturated rings. The second kappa shape index (κ2) is 4.03. The summed E-state index contributed by atoms with van der Waals surface area (Å²) in [6, 6.07) is 7.19. The molecular formula is C13H10ClNO4. The molecule has 2 bridgehead atoms. The minimum atomic E-state index is -0.773. The quantitative estimate of drug-likeness (QED) is 0.779. The van der Waals surface area contributed by atoms with Crippen LogP contribution in [0.15, 0.2) is 29.4 Å². The Labute approximate surface area is 114 Å². The monoisotopic (exact) mass is 279 g/mol. The van der Waals surface area contributed by atoms with Crippen LogP contribution in [0.4, 0.5) is 0 Å². The molecule has 3 heterocycles. The van der Waals surface area contributed by atoms with Crippen molar-refractivity contribution in [3.8, 4) is 0 Å². The number of oxime groups is 1. The lowest BCUT2D eigenvalue weighted by molar-refractivity contribution is -0.169. The molecule has 0 aromatic heterocycles. The van der Waals surface area contributed by atoms with Gasteiger partial charge in [0.15, 0.2) is 6.10 Å². The number of benzene rings is 1.